The summed E-state index contributed by atoms with van der Waals surface area (Å²) in [5.74, 6) is 0.307. The van der Waals surface area contributed by atoms with Crippen LogP contribution in [0.4, 0.5) is 0 Å². The molecule has 90 valence electrons. The molecular formula is C16H14O2. The lowest BCUT2D eigenvalue weighted by Crippen LogP contribution is -2.22. The Morgan fingerprint density at radius 2 is 1.61 bits per heavy atom. The molecule has 0 N–H and O–H groups in total. The number of Topliss-reactive ketones (excluding diaryl/α,β-unsaturated/α-hetero) is 2. The van der Waals surface area contributed by atoms with Gasteiger partial charge in [-0.3, -0.25) is 9.59 Å². The molecule has 0 heterocycles. The normalized spacial score (nSPS) is 29.3. The van der Waals surface area contributed by atoms with E-state index in [1.807, 2.05) is 0 Å². The smallest absolute Gasteiger partial charge is 0.144 e. The molecule has 1 fully saturated rings. The van der Waals surface area contributed by atoms with Crippen LogP contribution >= 0.6 is 0 Å². The number of carbonyl (C=O) groups is 2. The summed E-state index contributed by atoms with van der Waals surface area (Å²) >= 11 is 0. The lowest BCUT2D eigenvalue weighted by molar-refractivity contribution is -0.122. The van der Waals surface area contributed by atoms with E-state index in [0.717, 1.165) is 19.3 Å². The van der Waals surface area contributed by atoms with Crippen molar-refractivity contribution in [3.8, 4) is 0 Å². The summed E-state index contributed by atoms with van der Waals surface area (Å²) in [4.78, 5) is 23.7. The number of allylic oxidation sites excluding steroid dienone is 2. The molecular weight excluding hydrogens is 224 g/mol. The van der Waals surface area contributed by atoms with Crippen molar-refractivity contribution in [2.45, 2.75) is 25.7 Å². The molecule has 3 aliphatic carbocycles. The average Bonchev–Trinajstić information content (AvgIpc) is 2.86. The van der Waals surface area contributed by atoms with E-state index < -0.39 is 0 Å². The first-order chi connectivity index (χ1) is 8.74. The van der Waals surface area contributed by atoms with Crippen LogP contribution in [0.3, 0.4) is 0 Å². The first-order valence-electron chi connectivity index (χ1n) is 6.58. The highest BCUT2D eigenvalue weighted by Gasteiger charge is 2.45. The van der Waals surface area contributed by atoms with Crippen molar-refractivity contribution in [2.24, 2.45) is 11.8 Å². The topological polar surface area (TPSA) is 34.1 Å². The second kappa shape index (κ2) is 3.41. The van der Waals surface area contributed by atoms with Gasteiger partial charge in [-0.1, -0.05) is 29.8 Å². The predicted octanol–water partition coefficient (Wildman–Crippen LogP) is 2.56. The number of benzene rings is 1. The van der Waals surface area contributed by atoms with Gasteiger partial charge in [-0.25, -0.2) is 0 Å². The lowest BCUT2D eigenvalue weighted by Gasteiger charge is -2.25. The van der Waals surface area contributed by atoms with Gasteiger partial charge in [0.15, 0.2) is 0 Å². The van der Waals surface area contributed by atoms with Crippen molar-refractivity contribution in [3.05, 3.63) is 41.0 Å². The van der Waals surface area contributed by atoms with Crippen LogP contribution < -0.4 is 0 Å². The van der Waals surface area contributed by atoms with Gasteiger partial charge in [-0.05, 0) is 36.0 Å². The molecule has 1 saturated carbocycles. The largest absolute Gasteiger partial charge is 0.299 e. The molecule has 2 nitrogen and oxygen atoms in total. The maximum absolute atomic E-state index is 11.9. The molecule has 0 saturated heterocycles. The Morgan fingerprint density at radius 3 is 2.44 bits per heavy atom. The van der Waals surface area contributed by atoms with E-state index in [1.165, 1.54) is 22.3 Å². The van der Waals surface area contributed by atoms with E-state index in [0.29, 0.717) is 0 Å². The van der Waals surface area contributed by atoms with Crippen molar-refractivity contribution in [1.82, 2.24) is 0 Å². The molecule has 2 atom stereocenters. The Balaban J connectivity index is 1.78. The Hall–Kier alpha value is -1.70. The quantitative estimate of drug-likeness (QED) is 0.651. The van der Waals surface area contributed by atoms with Gasteiger partial charge in [0.05, 0.1) is 6.42 Å². The van der Waals surface area contributed by atoms with Crippen molar-refractivity contribution < 1.29 is 9.59 Å². The highest BCUT2D eigenvalue weighted by molar-refractivity contribution is 6.10. The van der Waals surface area contributed by atoms with Crippen LogP contribution in [0.2, 0.25) is 0 Å². The van der Waals surface area contributed by atoms with E-state index in [9.17, 15) is 9.59 Å². The van der Waals surface area contributed by atoms with Gasteiger partial charge in [0, 0.05) is 11.8 Å². The molecule has 2 unspecified atom stereocenters. The minimum absolute atomic E-state index is 0.00874. The number of fused-ring (bicyclic) bond motifs is 3. The molecule has 0 aromatic heterocycles. The number of ketones is 2. The van der Waals surface area contributed by atoms with E-state index >= 15 is 0 Å². The van der Waals surface area contributed by atoms with Crippen molar-refractivity contribution in [2.75, 3.05) is 0 Å². The Kier molecular flexibility index (Phi) is 1.94. The minimum atomic E-state index is -0.0255. The Bertz CT molecular complexity index is 609. The molecule has 0 aliphatic heterocycles. The van der Waals surface area contributed by atoms with Crippen LogP contribution in [-0.2, 0) is 16.0 Å². The van der Waals surface area contributed by atoms with Crippen molar-refractivity contribution in [1.29, 1.82) is 0 Å². The predicted molar refractivity (Wildman–Crippen MR) is 67.9 cm³/mol. The molecule has 0 spiro atoms. The fourth-order valence-corrected chi connectivity index (χ4v) is 3.83. The molecule has 2 heteroatoms. The third-order valence-corrected chi connectivity index (χ3v) is 4.72. The second-order valence-corrected chi connectivity index (χ2v) is 5.65. The fraction of sp³-hybridized carbons (Fsp3) is 0.375. The van der Waals surface area contributed by atoms with Gasteiger partial charge in [-0.2, -0.15) is 0 Å². The van der Waals surface area contributed by atoms with Crippen LogP contribution in [0.5, 0.6) is 0 Å². The number of rotatable bonds is 0. The lowest BCUT2D eigenvalue weighted by atomic mass is 9.77. The van der Waals surface area contributed by atoms with Gasteiger partial charge < -0.3 is 0 Å². The number of hydrogen-bond acceptors (Lipinski definition) is 2. The molecule has 0 radical (unpaired) electrons. The Morgan fingerprint density at radius 1 is 0.889 bits per heavy atom. The van der Waals surface area contributed by atoms with Crippen LogP contribution in [0.25, 0.3) is 5.57 Å². The third-order valence-electron chi connectivity index (χ3n) is 4.72. The van der Waals surface area contributed by atoms with E-state index in [1.54, 1.807) is 0 Å². The molecule has 18 heavy (non-hydrogen) atoms. The summed E-state index contributed by atoms with van der Waals surface area (Å²) in [6.07, 6.45) is 2.77. The third kappa shape index (κ3) is 1.23. The second-order valence-electron chi connectivity index (χ2n) is 5.65. The van der Waals surface area contributed by atoms with Crippen LogP contribution in [0.15, 0.2) is 29.8 Å². The highest BCUT2D eigenvalue weighted by Crippen LogP contribution is 2.48. The van der Waals surface area contributed by atoms with E-state index in [-0.39, 0.29) is 29.8 Å². The Labute approximate surface area is 106 Å². The zero-order valence-corrected chi connectivity index (χ0v) is 10.1. The zero-order valence-electron chi connectivity index (χ0n) is 10.1. The molecule has 1 aromatic carbocycles. The number of hydrogen-bond donors (Lipinski definition) is 0. The van der Waals surface area contributed by atoms with Gasteiger partial charge in [0.2, 0.25) is 0 Å². The minimum Gasteiger partial charge on any atom is -0.299 e. The molecule has 0 amide bonds. The first kappa shape index (κ1) is 10.2. The maximum atomic E-state index is 11.9. The summed E-state index contributed by atoms with van der Waals surface area (Å²) in [6.45, 7) is 0. The van der Waals surface area contributed by atoms with Crippen LogP contribution in [0.1, 0.15) is 30.4 Å². The monoisotopic (exact) mass is 238 g/mol. The van der Waals surface area contributed by atoms with Crippen molar-refractivity contribution in [3.63, 3.8) is 0 Å². The summed E-state index contributed by atoms with van der Waals surface area (Å²) in [7, 11) is 0. The maximum Gasteiger partial charge on any atom is 0.144 e. The fourth-order valence-electron chi connectivity index (χ4n) is 3.83. The van der Waals surface area contributed by atoms with E-state index in [2.05, 4.69) is 24.3 Å². The SMILES string of the molecule is O=C1CC(=O)C2CC3=C(Cc4ccccc43)CC12. The zero-order chi connectivity index (χ0) is 12.3. The van der Waals surface area contributed by atoms with Crippen LogP contribution in [-0.4, -0.2) is 11.6 Å². The standard InChI is InChI=1S/C16H14O2/c17-15-8-16(18)14-7-12-10(6-13(14)15)5-9-3-1-2-4-11(9)12/h1-4,13-14H,5-8H2. The summed E-state index contributed by atoms with van der Waals surface area (Å²) in [6, 6.07) is 8.43. The summed E-state index contributed by atoms with van der Waals surface area (Å²) in [5.41, 5.74) is 5.44. The van der Waals surface area contributed by atoms with Gasteiger partial charge >= 0.3 is 0 Å². The van der Waals surface area contributed by atoms with E-state index in [4.69, 9.17) is 0 Å². The molecule has 3 aliphatic rings. The van der Waals surface area contributed by atoms with Crippen molar-refractivity contribution >= 4 is 17.1 Å². The first-order valence-corrected chi connectivity index (χ1v) is 6.58. The van der Waals surface area contributed by atoms with Gasteiger partial charge in [-0.15, -0.1) is 0 Å². The van der Waals surface area contributed by atoms with Crippen LogP contribution in [0, 0.1) is 11.8 Å². The van der Waals surface area contributed by atoms with Gasteiger partial charge in [0.25, 0.3) is 0 Å². The molecule has 4 rings (SSSR count). The summed E-state index contributed by atoms with van der Waals surface area (Å²) < 4.78 is 0. The highest BCUT2D eigenvalue weighted by atomic mass is 16.2. The molecule has 0 bridgehead atoms. The number of carbonyl (C=O) groups excluding carboxylic acids is 2. The summed E-state index contributed by atoms with van der Waals surface area (Å²) in [5, 5.41) is 0. The van der Waals surface area contributed by atoms with Gasteiger partial charge in [0.1, 0.15) is 11.6 Å². The molecule has 1 aromatic rings. The average molecular weight is 238 g/mol.